The molecule has 1 amide bonds. The number of rotatable bonds is 7. The van der Waals surface area contributed by atoms with E-state index in [-0.39, 0.29) is 11.7 Å². The number of carbonyl (C=O) groups is 2. The molecule has 29 heavy (non-hydrogen) atoms. The molecule has 0 aliphatic carbocycles. The van der Waals surface area contributed by atoms with Crippen LogP contribution in [0.1, 0.15) is 46.1 Å². The number of ketones is 1. The van der Waals surface area contributed by atoms with Gasteiger partial charge in [-0.15, -0.1) is 0 Å². The third-order valence-electron chi connectivity index (χ3n) is 4.48. The van der Waals surface area contributed by atoms with Crippen molar-refractivity contribution in [3.63, 3.8) is 0 Å². The van der Waals surface area contributed by atoms with E-state index in [0.717, 1.165) is 11.3 Å². The second-order valence-electron chi connectivity index (χ2n) is 6.75. The average Bonchev–Trinajstić information content (AvgIpc) is 2.72. The van der Waals surface area contributed by atoms with Crippen LogP contribution in [0, 0.1) is 6.92 Å². The van der Waals surface area contributed by atoms with E-state index in [4.69, 9.17) is 0 Å². The van der Waals surface area contributed by atoms with Gasteiger partial charge >= 0.3 is 0 Å². The minimum Gasteiger partial charge on any atom is -0.340 e. The van der Waals surface area contributed by atoms with Gasteiger partial charge in [0.2, 0.25) is 0 Å². The largest absolute Gasteiger partial charge is 0.340 e. The highest BCUT2D eigenvalue weighted by Gasteiger charge is 2.18. The Kier molecular flexibility index (Phi) is 6.34. The molecule has 6 heteroatoms. The summed E-state index contributed by atoms with van der Waals surface area (Å²) in [5.74, 6) is 0.847. The predicted octanol–water partition coefficient (Wildman–Crippen LogP) is 4.39. The first kappa shape index (κ1) is 20.2. The standard InChI is InChI=1S/C23H24N4O2/c1-4-27(15-18-9-6-5-7-10-18)23(29)21-14-22(25-17(3)24-21)26-20-12-8-11-19(13-20)16(2)28/h5-14H,4,15H2,1-3H3,(H,24,25,26). The summed E-state index contributed by atoms with van der Waals surface area (Å²) in [6.07, 6.45) is 0. The first-order valence-corrected chi connectivity index (χ1v) is 9.53. The molecule has 148 valence electrons. The maximum Gasteiger partial charge on any atom is 0.272 e. The van der Waals surface area contributed by atoms with Crippen LogP contribution >= 0.6 is 0 Å². The summed E-state index contributed by atoms with van der Waals surface area (Å²) in [6, 6.07) is 18.7. The molecule has 6 nitrogen and oxygen atoms in total. The minimum absolute atomic E-state index is 0.0112. The van der Waals surface area contributed by atoms with Gasteiger partial charge in [-0.2, -0.15) is 0 Å². The highest BCUT2D eigenvalue weighted by Crippen LogP contribution is 2.18. The number of hydrogen-bond acceptors (Lipinski definition) is 5. The third-order valence-corrected chi connectivity index (χ3v) is 4.48. The van der Waals surface area contributed by atoms with Crippen LogP contribution in [-0.4, -0.2) is 33.1 Å². The van der Waals surface area contributed by atoms with Crippen LogP contribution < -0.4 is 5.32 Å². The van der Waals surface area contributed by atoms with Gasteiger partial charge in [0, 0.05) is 30.4 Å². The van der Waals surface area contributed by atoms with E-state index in [1.54, 1.807) is 36.1 Å². The number of nitrogens with zero attached hydrogens (tertiary/aromatic N) is 3. The number of benzene rings is 2. The number of aromatic nitrogens is 2. The molecule has 0 bridgehead atoms. The molecule has 0 unspecified atom stereocenters. The Morgan fingerprint density at radius 3 is 2.45 bits per heavy atom. The second-order valence-corrected chi connectivity index (χ2v) is 6.75. The lowest BCUT2D eigenvalue weighted by atomic mass is 10.1. The van der Waals surface area contributed by atoms with Gasteiger partial charge in [-0.3, -0.25) is 9.59 Å². The normalized spacial score (nSPS) is 10.4. The van der Waals surface area contributed by atoms with Gasteiger partial charge in [-0.25, -0.2) is 9.97 Å². The fourth-order valence-corrected chi connectivity index (χ4v) is 3.00. The van der Waals surface area contributed by atoms with Crippen molar-refractivity contribution in [3.05, 3.63) is 83.3 Å². The summed E-state index contributed by atoms with van der Waals surface area (Å²) < 4.78 is 0. The molecule has 0 aliphatic rings. The van der Waals surface area contributed by atoms with Crippen molar-refractivity contribution in [1.82, 2.24) is 14.9 Å². The van der Waals surface area contributed by atoms with Crippen LogP contribution in [0.25, 0.3) is 0 Å². The lowest BCUT2D eigenvalue weighted by Crippen LogP contribution is -2.31. The maximum atomic E-state index is 13.0. The number of carbonyl (C=O) groups excluding carboxylic acids is 2. The molecule has 0 fully saturated rings. The molecular weight excluding hydrogens is 364 g/mol. The van der Waals surface area contributed by atoms with Crippen molar-refractivity contribution in [2.24, 2.45) is 0 Å². The summed E-state index contributed by atoms with van der Waals surface area (Å²) in [6.45, 7) is 6.31. The number of hydrogen-bond donors (Lipinski definition) is 1. The van der Waals surface area contributed by atoms with Gasteiger partial charge in [-0.05, 0) is 38.5 Å². The van der Waals surface area contributed by atoms with Crippen molar-refractivity contribution in [3.8, 4) is 0 Å². The summed E-state index contributed by atoms with van der Waals surface area (Å²) in [5.41, 5.74) is 2.73. The maximum absolute atomic E-state index is 13.0. The highest BCUT2D eigenvalue weighted by atomic mass is 16.2. The molecule has 1 heterocycles. The number of anilines is 2. The smallest absolute Gasteiger partial charge is 0.272 e. The molecule has 0 aliphatic heterocycles. The number of Topliss-reactive ketones (excluding diaryl/α,β-unsaturated/α-hetero) is 1. The van der Waals surface area contributed by atoms with Crippen molar-refractivity contribution >= 4 is 23.2 Å². The molecule has 0 atom stereocenters. The molecule has 0 radical (unpaired) electrons. The Labute approximate surface area is 170 Å². The monoisotopic (exact) mass is 388 g/mol. The molecule has 1 N–H and O–H groups in total. The SMILES string of the molecule is CCN(Cc1ccccc1)C(=O)c1cc(Nc2cccc(C(C)=O)c2)nc(C)n1. The zero-order valence-corrected chi connectivity index (χ0v) is 16.8. The fraction of sp³-hybridized carbons (Fsp3) is 0.217. The van der Waals surface area contributed by atoms with Crippen LogP contribution in [0.5, 0.6) is 0 Å². The van der Waals surface area contributed by atoms with Crippen LogP contribution in [0.4, 0.5) is 11.5 Å². The molecular formula is C23H24N4O2. The van der Waals surface area contributed by atoms with E-state index in [9.17, 15) is 9.59 Å². The second kappa shape index (κ2) is 9.10. The summed E-state index contributed by atoms with van der Waals surface area (Å²) >= 11 is 0. The fourth-order valence-electron chi connectivity index (χ4n) is 3.00. The van der Waals surface area contributed by atoms with Gasteiger partial charge in [0.1, 0.15) is 17.3 Å². The first-order valence-electron chi connectivity index (χ1n) is 9.53. The zero-order valence-electron chi connectivity index (χ0n) is 16.8. The lowest BCUT2D eigenvalue weighted by molar-refractivity contribution is 0.0746. The van der Waals surface area contributed by atoms with Gasteiger partial charge < -0.3 is 10.2 Å². The molecule has 0 saturated heterocycles. The van der Waals surface area contributed by atoms with E-state index in [1.165, 1.54) is 6.92 Å². The highest BCUT2D eigenvalue weighted by molar-refractivity contribution is 5.95. The van der Waals surface area contributed by atoms with Gasteiger partial charge in [-0.1, -0.05) is 42.5 Å². The molecule has 0 spiro atoms. The molecule has 3 rings (SSSR count). The zero-order chi connectivity index (χ0) is 20.8. The van der Waals surface area contributed by atoms with E-state index in [1.807, 2.05) is 43.3 Å². The van der Waals surface area contributed by atoms with E-state index >= 15 is 0 Å². The number of nitrogens with one attached hydrogen (secondary N) is 1. The first-order chi connectivity index (χ1) is 14.0. The van der Waals surface area contributed by atoms with Crippen LogP contribution in [-0.2, 0) is 6.54 Å². The topological polar surface area (TPSA) is 75.2 Å². The van der Waals surface area contributed by atoms with E-state index in [0.29, 0.717) is 36.0 Å². The van der Waals surface area contributed by atoms with Crippen molar-refractivity contribution in [1.29, 1.82) is 0 Å². The lowest BCUT2D eigenvalue weighted by Gasteiger charge is -2.21. The summed E-state index contributed by atoms with van der Waals surface area (Å²) in [7, 11) is 0. The van der Waals surface area contributed by atoms with Crippen LogP contribution in [0.15, 0.2) is 60.7 Å². The number of aryl methyl sites for hydroxylation is 1. The van der Waals surface area contributed by atoms with Crippen LogP contribution in [0.2, 0.25) is 0 Å². The average molecular weight is 388 g/mol. The molecule has 1 aromatic heterocycles. The van der Waals surface area contributed by atoms with Gasteiger partial charge in [0.15, 0.2) is 5.78 Å². The van der Waals surface area contributed by atoms with Crippen molar-refractivity contribution in [2.75, 3.05) is 11.9 Å². The Morgan fingerprint density at radius 2 is 1.76 bits per heavy atom. The van der Waals surface area contributed by atoms with E-state index in [2.05, 4.69) is 15.3 Å². The molecule has 3 aromatic rings. The Morgan fingerprint density at radius 1 is 1.00 bits per heavy atom. The Hall–Kier alpha value is -3.54. The van der Waals surface area contributed by atoms with Crippen LogP contribution in [0.3, 0.4) is 0 Å². The van der Waals surface area contributed by atoms with Crippen molar-refractivity contribution in [2.45, 2.75) is 27.3 Å². The quantitative estimate of drug-likeness (QED) is 0.608. The van der Waals surface area contributed by atoms with Gasteiger partial charge in [0.05, 0.1) is 0 Å². The molecule has 0 saturated carbocycles. The van der Waals surface area contributed by atoms with Crippen molar-refractivity contribution < 1.29 is 9.59 Å². The van der Waals surface area contributed by atoms with Gasteiger partial charge in [0.25, 0.3) is 5.91 Å². The molecule has 2 aromatic carbocycles. The predicted molar refractivity (Wildman–Crippen MR) is 113 cm³/mol. The summed E-state index contributed by atoms with van der Waals surface area (Å²) in [4.78, 5) is 35.1. The minimum atomic E-state index is -0.151. The summed E-state index contributed by atoms with van der Waals surface area (Å²) in [5, 5.41) is 3.17. The Bertz CT molecular complexity index is 1020. The Balaban J connectivity index is 1.83. The third kappa shape index (κ3) is 5.25. The van der Waals surface area contributed by atoms with E-state index < -0.39 is 0 Å². The number of amides is 1.